The first kappa shape index (κ1) is 12.9. The number of hydrogen-bond acceptors (Lipinski definition) is 3. The van der Waals surface area contributed by atoms with Crippen LogP contribution in [0.3, 0.4) is 0 Å². The molecule has 90 valence electrons. The van der Waals surface area contributed by atoms with Gasteiger partial charge in [0.2, 0.25) is 10.0 Å². The van der Waals surface area contributed by atoms with Crippen LogP contribution in [0.15, 0.2) is 24.3 Å². The van der Waals surface area contributed by atoms with Gasteiger partial charge in [-0.25, -0.2) is 17.1 Å². The smallest absolute Gasteiger partial charge is 0.211 e. The van der Waals surface area contributed by atoms with Crippen LogP contribution in [0.1, 0.15) is 0 Å². The maximum absolute atomic E-state index is 12.8. The van der Waals surface area contributed by atoms with E-state index in [0.29, 0.717) is 5.75 Å². The van der Waals surface area contributed by atoms with Crippen LogP contribution in [-0.4, -0.2) is 39.2 Å². The van der Waals surface area contributed by atoms with Crippen LogP contribution in [0.2, 0.25) is 0 Å². The van der Waals surface area contributed by atoms with Gasteiger partial charge in [-0.15, -0.1) is 0 Å². The normalized spacial score (nSPS) is 11.8. The summed E-state index contributed by atoms with van der Waals surface area (Å²) in [5.74, 6) is 0.0101. The van der Waals surface area contributed by atoms with Gasteiger partial charge < -0.3 is 4.74 Å². The molecule has 1 aromatic rings. The molecule has 0 amide bonds. The van der Waals surface area contributed by atoms with E-state index in [4.69, 9.17) is 4.74 Å². The zero-order chi connectivity index (χ0) is 12.2. The lowest BCUT2D eigenvalue weighted by atomic mass is 10.3. The van der Waals surface area contributed by atoms with Crippen LogP contribution in [0.25, 0.3) is 0 Å². The van der Waals surface area contributed by atoms with Gasteiger partial charge in [-0.05, 0) is 12.1 Å². The zero-order valence-electron chi connectivity index (χ0n) is 9.18. The van der Waals surface area contributed by atoms with E-state index in [1.807, 2.05) is 0 Å². The van der Waals surface area contributed by atoms with Crippen LogP contribution in [0.4, 0.5) is 4.39 Å². The largest absolute Gasteiger partial charge is 0.492 e. The van der Waals surface area contributed by atoms with Crippen LogP contribution in [0.5, 0.6) is 5.75 Å². The molecule has 0 N–H and O–H groups in total. The number of halogens is 1. The van der Waals surface area contributed by atoms with Gasteiger partial charge in [0.1, 0.15) is 18.2 Å². The van der Waals surface area contributed by atoms with Gasteiger partial charge in [0.15, 0.2) is 0 Å². The van der Waals surface area contributed by atoms with Crippen molar-refractivity contribution in [1.82, 2.24) is 4.31 Å². The lowest BCUT2D eigenvalue weighted by Crippen LogP contribution is -2.29. The van der Waals surface area contributed by atoms with Crippen molar-refractivity contribution in [2.75, 3.05) is 26.5 Å². The maximum Gasteiger partial charge on any atom is 0.211 e. The molecule has 0 saturated carbocycles. The third-order valence-corrected chi connectivity index (χ3v) is 3.35. The SMILES string of the molecule is CN(CCOc1cccc(F)c1)S(C)(=O)=O. The summed E-state index contributed by atoms with van der Waals surface area (Å²) < 4.78 is 41.2. The summed E-state index contributed by atoms with van der Waals surface area (Å²) in [4.78, 5) is 0. The highest BCUT2D eigenvalue weighted by atomic mass is 32.2. The van der Waals surface area contributed by atoms with E-state index >= 15 is 0 Å². The topological polar surface area (TPSA) is 46.6 Å². The molecule has 1 rings (SSSR count). The Balaban J connectivity index is 2.42. The number of sulfonamides is 1. The molecule has 16 heavy (non-hydrogen) atoms. The first-order valence-electron chi connectivity index (χ1n) is 4.69. The second-order valence-corrected chi connectivity index (χ2v) is 5.48. The van der Waals surface area contributed by atoms with E-state index in [0.717, 1.165) is 6.26 Å². The Morgan fingerprint density at radius 1 is 1.44 bits per heavy atom. The molecule has 0 aliphatic carbocycles. The molecule has 0 heterocycles. The number of rotatable bonds is 5. The maximum atomic E-state index is 12.8. The molecule has 0 fully saturated rings. The standard InChI is InChI=1S/C10H14FNO3S/c1-12(16(2,13)14)6-7-15-10-5-3-4-9(11)8-10/h3-5,8H,6-7H2,1-2H3. The average Bonchev–Trinajstić information content (AvgIpc) is 2.16. The Bertz CT molecular complexity index is 447. The molecular formula is C10H14FNO3S. The molecular weight excluding hydrogens is 233 g/mol. The fourth-order valence-electron chi connectivity index (χ4n) is 1.01. The van der Waals surface area contributed by atoms with Crippen molar-refractivity contribution < 1.29 is 17.5 Å². The average molecular weight is 247 g/mol. The van der Waals surface area contributed by atoms with Gasteiger partial charge in [0, 0.05) is 19.7 Å². The summed E-state index contributed by atoms with van der Waals surface area (Å²) in [7, 11) is -1.72. The van der Waals surface area contributed by atoms with Crippen LogP contribution in [-0.2, 0) is 10.0 Å². The Labute approximate surface area is 94.7 Å². The van der Waals surface area contributed by atoms with Gasteiger partial charge in [-0.3, -0.25) is 0 Å². The number of nitrogens with zero attached hydrogens (tertiary/aromatic N) is 1. The van der Waals surface area contributed by atoms with E-state index in [1.54, 1.807) is 6.07 Å². The molecule has 6 heteroatoms. The van der Waals surface area contributed by atoms with Gasteiger partial charge in [0.05, 0.1) is 6.26 Å². The van der Waals surface area contributed by atoms with E-state index < -0.39 is 10.0 Å². The minimum atomic E-state index is -3.19. The summed E-state index contributed by atoms with van der Waals surface area (Å²) in [5.41, 5.74) is 0. The van der Waals surface area contributed by atoms with Crippen molar-refractivity contribution >= 4 is 10.0 Å². The predicted octanol–water partition coefficient (Wildman–Crippen LogP) is 1.10. The van der Waals surface area contributed by atoms with Crippen molar-refractivity contribution in [2.24, 2.45) is 0 Å². The predicted molar refractivity (Wildman–Crippen MR) is 59.4 cm³/mol. The second-order valence-electron chi connectivity index (χ2n) is 3.39. The molecule has 0 aliphatic heterocycles. The summed E-state index contributed by atoms with van der Waals surface area (Å²) in [6, 6.07) is 5.71. The monoisotopic (exact) mass is 247 g/mol. The number of likely N-dealkylation sites (N-methyl/N-ethyl adjacent to an activating group) is 1. The zero-order valence-corrected chi connectivity index (χ0v) is 10.00. The lowest BCUT2D eigenvalue weighted by molar-refractivity contribution is 0.286. The molecule has 0 unspecified atom stereocenters. The van der Waals surface area contributed by atoms with Crippen molar-refractivity contribution in [3.05, 3.63) is 30.1 Å². The first-order chi connectivity index (χ1) is 7.39. The molecule has 0 spiro atoms. The first-order valence-corrected chi connectivity index (χ1v) is 6.54. The quantitative estimate of drug-likeness (QED) is 0.782. The highest BCUT2D eigenvalue weighted by Gasteiger charge is 2.10. The third-order valence-electron chi connectivity index (χ3n) is 2.04. The van der Waals surface area contributed by atoms with Crippen LogP contribution >= 0.6 is 0 Å². The minimum Gasteiger partial charge on any atom is -0.492 e. The number of ether oxygens (including phenoxy) is 1. The molecule has 0 radical (unpaired) electrons. The van der Waals surface area contributed by atoms with Crippen LogP contribution in [0, 0.1) is 5.82 Å². The second kappa shape index (κ2) is 5.27. The van der Waals surface area contributed by atoms with E-state index in [2.05, 4.69) is 0 Å². The molecule has 0 saturated heterocycles. The Hall–Kier alpha value is -1.14. The number of hydrogen-bond donors (Lipinski definition) is 0. The van der Waals surface area contributed by atoms with E-state index in [9.17, 15) is 12.8 Å². The van der Waals surface area contributed by atoms with Gasteiger partial charge in [-0.2, -0.15) is 0 Å². The summed E-state index contributed by atoms with van der Waals surface area (Å²) in [6.07, 6.45) is 1.12. The summed E-state index contributed by atoms with van der Waals surface area (Å²) in [6.45, 7) is 0.419. The summed E-state index contributed by atoms with van der Waals surface area (Å²) in [5, 5.41) is 0. The lowest BCUT2D eigenvalue weighted by Gasteiger charge is -2.14. The van der Waals surface area contributed by atoms with Crippen molar-refractivity contribution in [3.63, 3.8) is 0 Å². The molecule has 4 nitrogen and oxygen atoms in total. The third kappa shape index (κ3) is 4.16. The highest BCUT2D eigenvalue weighted by Crippen LogP contribution is 2.11. The molecule has 0 aliphatic rings. The Morgan fingerprint density at radius 3 is 2.69 bits per heavy atom. The molecule has 1 aromatic carbocycles. The Kier molecular flexibility index (Phi) is 4.26. The van der Waals surface area contributed by atoms with Crippen molar-refractivity contribution in [2.45, 2.75) is 0 Å². The van der Waals surface area contributed by atoms with Crippen molar-refractivity contribution in [3.8, 4) is 5.75 Å². The molecule has 0 bridgehead atoms. The minimum absolute atomic E-state index is 0.188. The van der Waals surface area contributed by atoms with Crippen LogP contribution < -0.4 is 4.74 Å². The highest BCUT2D eigenvalue weighted by molar-refractivity contribution is 7.88. The van der Waals surface area contributed by atoms with Crippen molar-refractivity contribution in [1.29, 1.82) is 0 Å². The fraction of sp³-hybridized carbons (Fsp3) is 0.400. The van der Waals surface area contributed by atoms with E-state index in [1.165, 1.54) is 29.6 Å². The molecule has 0 aromatic heterocycles. The summed E-state index contributed by atoms with van der Waals surface area (Å²) >= 11 is 0. The van der Waals surface area contributed by atoms with E-state index in [-0.39, 0.29) is 19.0 Å². The van der Waals surface area contributed by atoms with Gasteiger partial charge in [-0.1, -0.05) is 6.07 Å². The fourth-order valence-corrected chi connectivity index (χ4v) is 1.42. The van der Waals surface area contributed by atoms with Gasteiger partial charge in [0.25, 0.3) is 0 Å². The molecule has 0 atom stereocenters. The Morgan fingerprint density at radius 2 is 2.12 bits per heavy atom. The van der Waals surface area contributed by atoms with Gasteiger partial charge >= 0.3 is 0 Å². The number of benzene rings is 1.